The lowest BCUT2D eigenvalue weighted by atomic mass is 10.0. The Balaban J connectivity index is 2.17. The molecule has 0 fully saturated rings. The lowest BCUT2D eigenvalue weighted by Crippen LogP contribution is -2.30. The van der Waals surface area contributed by atoms with Gasteiger partial charge in [0.1, 0.15) is 0 Å². The summed E-state index contributed by atoms with van der Waals surface area (Å²) in [6.45, 7) is 6.74. The lowest BCUT2D eigenvalue weighted by Gasteiger charge is -2.30. The van der Waals surface area contributed by atoms with Crippen molar-refractivity contribution in [2.45, 2.75) is 20.3 Å². The van der Waals surface area contributed by atoms with E-state index in [0.29, 0.717) is 0 Å². The molecule has 0 saturated heterocycles. The van der Waals surface area contributed by atoms with E-state index in [1.807, 2.05) is 0 Å². The number of anilines is 1. The summed E-state index contributed by atoms with van der Waals surface area (Å²) < 4.78 is 0. The second kappa shape index (κ2) is 3.87. The number of hydrogen-bond donors (Lipinski definition) is 0. The van der Waals surface area contributed by atoms with Crippen molar-refractivity contribution in [3.05, 3.63) is 41.5 Å². The van der Waals surface area contributed by atoms with Crippen molar-refractivity contribution in [1.29, 1.82) is 0 Å². The zero-order valence-corrected chi connectivity index (χ0v) is 8.96. The summed E-state index contributed by atoms with van der Waals surface area (Å²) in [6, 6.07) is 10.7. The maximum atomic E-state index is 2.45. The summed E-state index contributed by atoms with van der Waals surface area (Å²) in [7, 11) is 0. The van der Waals surface area contributed by atoms with Crippen LogP contribution < -0.4 is 4.90 Å². The van der Waals surface area contributed by atoms with Gasteiger partial charge in [0.25, 0.3) is 0 Å². The molecule has 0 radical (unpaired) electrons. The molecular weight excluding hydrogens is 170 g/mol. The second-order valence-electron chi connectivity index (χ2n) is 4.07. The van der Waals surface area contributed by atoms with E-state index in [0.717, 1.165) is 13.1 Å². The molecule has 0 amide bonds. The molecule has 1 aromatic rings. The van der Waals surface area contributed by atoms with Gasteiger partial charge in [-0.05, 0) is 32.4 Å². The normalized spacial score (nSPS) is 17.4. The number of nitrogens with zero attached hydrogens (tertiary/aromatic N) is 1. The molecule has 74 valence electrons. The average molecular weight is 187 g/mol. The van der Waals surface area contributed by atoms with Crippen LogP contribution in [0.4, 0.5) is 5.69 Å². The summed E-state index contributed by atoms with van der Waals surface area (Å²) in [5.74, 6) is 0. The minimum Gasteiger partial charge on any atom is -0.367 e. The van der Waals surface area contributed by atoms with Gasteiger partial charge in [-0.3, -0.25) is 0 Å². The monoisotopic (exact) mass is 187 g/mol. The molecule has 0 N–H and O–H groups in total. The van der Waals surface area contributed by atoms with E-state index in [2.05, 4.69) is 49.1 Å². The van der Waals surface area contributed by atoms with Crippen molar-refractivity contribution in [1.82, 2.24) is 0 Å². The molecule has 0 aromatic heterocycles. The molecule has 2 rings (SSSR count). The van der Waals surface area contributed by atoms with Crippen molar-refractivity contribution in [2.75, 3.05) is 18.0 Å². The predicted octanol–water partition coefficient (Wildman–Crippen LogP) is 3.23. The Morgan fingerprint density at radius 1 is 1.00 bits per heavy atom. The van der Waals surface area contributed by atoms with Gasteiger partial charge in [-0.15, -0.1) is 0 Å². The van der Waals surface area contributed by atoms with Crippen molar-refractivity contribution in [3.63, 3.8) is 0 Å². The number of hydrogen-bond acceptors (Lipinski definition) is 1. The van der Waals surface area contributed by atoms with Gasteiger partial charge in [0.05, 0.1) is 0 Å². The van der Waals surface area contributed by atoms with E-state index in [4.69, 9.17) is 0 Å². The Morgan fingerprint density at radius 2 is 1.71 bits per heavy atom. The summed E-state index contributed by atoms with van der Waals surface area (Å²) in [5.41, 5.74) is 4.44. The fraction of sp³-hybridized carbons (Fsp3) is 0.385. The molecule has 0 unspecified atom stereocenters. The third kappa shape index (κ3) is 1.82. The largest absolute Gasteiger partial charge is 0.367 e. The van der Waals surface area contributed by atoms with E-state index in [1.54, 1.807) is 5.57 Å². The van der Waals surface area contributed by atoms with Crippen LogP contribution >= 0.6 is 0 Å². The smallest absolute Gasteiger partial charge is 0.0388 e. The molecule has 1 aliphatic heterocycles. The van der Waals surface area contributed by atoms with Crippen molar-refractivity contribution >= 4 is 5.69 Å². The van der Waals surface area contributed by atoms with Crippen molar-refractivity contribution in [2.24, 2.45) is 0 Å². The fourth-order valence-corrected chi connectivity index (χ4v) is 1.88. The zero-order chi connectivity index (χ0) is 9.97. The Bertz CT molecular complexity index is 338. The highest BCUT2D eigenvalue weighted by molar-refractivity contribution is 5.48. The third-order valence-corrected chi connectivity index (χ3v) is 3.03. The minimum absolute atomic E-state index is 1.09. The van der Waals surface area contributed by atoms with Gasteiger partial charge in [-0.1, -0.05) is 29.3 Å². The first kappa shape index (κ1) is 9.32. The Morgan fingerprint density at radius 3 is 2.36 bits per heavy atom. The highest BCUT2D eigenvalue weighted by Crippen LogP contribution is 2.22. The maximum Gasteiger partial charge on any atom is 0.0388 e. The van der Waals surface area contributed by atoms with Crippen LogP contribution in [0.25, 0.3) is 0 Å². The summed E-state index contributed by atoms with van der Waals surface area (Å²) in [4.78, 5) is 2.45. The minimum atomic E-state index is 1.09. The first-order valence-electron chi connectivity index (χ1n) is 5.22. The fourth-order valence-electron chi connectivity index (χ4n) is 1.88. The van der Waals surface area contributed by atoms with Crippen LogP contribution in [0, 0.1) is 0 Å². The summed E-state index contributed by atoms with van der Waals surface area (Å²) >= 11 is 0. The summed E-state index contributed by atoms with van der Waals surface area (Å²) in [6.07, 6.45) is 1.21. The van der Waals surface area contributed by atoms with Gasteiger partial charge in [0, 0.05) is 18.8 Å². The molecule has 0 spiro atoms. The molecule has 1 heterocycles. The molecular formula is C13H17N. The maximum absolute atomic E-state index is 2.45. The topological polar surface area (TPSA) is 3.24 Å². The van der Waals surface area contributed by atoms with Gasteiger partial charge in [0.2, 0.25) is 0 Å². The van der Waals surface area contributed by atoms with Crippen LogP contribution in [-0.2, 0) is 0 Å². The second-order valence-corrected chi connectivity index (χ2v) is 4.07. The Kier molecular flexibility index (Phi) is 2.58. The van der Waals surface area contributed by atoms with Crippen molar-refractivity contribution in [3.8, 4) is 0 Å². The molecule has 0 bridgehead atoms. The van der Waals surface area contributed by atoms with Gasteiger partial charge < -0.3 is 4.90 Å². The Hall–Kier alpha value is -1.24. The zero-order valence-electron chi connectivity index (χ0n) is 8.96. The first-order valence-corrected chi connectivity index (χ1v) is 5.22. The van der Waals surface area contributed by atoms with Gasteiger partial charge in [0.15, 0.2) is 0 Å². The molecule has 0 aliphatic carbocycles. The average Bonchev–Trinajstić information content (AvgIpc) is 2.23. The van der Waals surface area contributed by atoms with E-state index < -0.39 is 0 Å². The SMILES string of the molecule is CC1=C(C)CN(c2ccccc2)CC1. The van der Waals surface area contributed by atoms with Gasteiger partial charge >= 0.3 is 0 Å². The van der Waals surface area contributed by atoms with E-state index in [1.165, 1.54) is 17.7 Å². The molecule has 1 aromatic carbocycles. The molecule has 0 saturated carbocycles. The Labute approximate surface area is 86.1 Å². The highest BCUT2D eigenvalue weighted by atomic mass is 15.1. The van der Waals surface area contributed by atoms with E-state index in [9.17, 15) is 0 Å². The molecule has 1 heteroatoms. The summed E-state index contributed by atoms with van der Waals surface area (Å²) in [5, 5.41) is 0. The standard InChI is InChI=1S/C13H17N/c1-11-8-9-14(10-12(11)2)13-6-4-3-5-7-13/h3-7H,8-10H2,1-2H3. The molecule has 1 aliphatic rings. The van der Waals surface area contributed by atoms with Gasteiger partial charge in [-0.2, -0.15) is 0 Å². The van der Waals surface area contributed by atoms with E-state index in [-0.39, 0.29) is 0 Å². The van der Waals surface area contributed by atoms with Crippen molar-refractivity contribution < 1.29 is 0 Å². The van der Waals surface area contributed by atoms with Gasteiger partial charge in [-0.25, -0.2) is 0 Å². The quantitative estimate of drug-likeness (QED) is 0.610. The van der Waals surface area contributed by atoms with E-state index >= 15 is 0 Å². The molecule has 14 heavy (non-hydrogen) atoms. The van der Waals surface area contributed by atoms with Crippen LogP contribution in [0.3, 0.4) is 0 Å². The molecule has 0 atom stereocenters. The van der Waals surface area contributed by atoms with Crippen LogP contribution in [0.15, 0.2) is 41.5 Å². The number of benzene rings is 1. The third-order valence-electron chi connectivity index (χ3n) is 3.03. The highest BCUT2D eigenvalue weighted by Gasteiger charge is 2.13. The van der Waals surface area contributed by atoms with Crippen LogP contribution in [0.1, 0.15) is 20.3 Å². The van der Waals surface area contributed by atoms with Crippen LogP contribution in [-0.4, -0.2) is 13.1 Å². The van der Waals surface area contributed by atoms with Crippen LogP contribution in [0.5, 0.6) is 0 Å². The first-order chi connectivity index (χ1) is 6.77. The van der Waals surface area contributed by atoms with Crippen LogP contribution in [0.2, 0.25) is 0 Å². The number of para-hydroxylation sites is 1. The number of rotatable bonds is 1. The predicted molar refractivity (Wildman–Crippen MR) is 61.6 cm³/mol. The lowest BCUT2D eigenvalue weighted by molar-refractivity contribution is 0.757. The molecule has 1 nitrogen and oxygen atoms in total.